The van der Waals surface area contributed by atoms with Gasteiger partial charge in [0.2, 0.25) is 0 Å². The number of pyridine rings is 1. The summed E-state index contributed by atoms with van der Waals surface area (Å²) in [6.45, 7) is 2.58. The number of nitrogens with zero attached hydrogens (tertiary/aromatic N) is 4. The van der Waals surface area contributed by atoms with Gasteiger partial charge in [0, 0.05) is 44.5 Å². The number of aliphatic hydroxyl groups excluding tert-OH is 1. The predicted molar refractivity (Wildman–Crippen MR) is 84.4 cm³/mol. The van der Waals surface area contributed by atoms with Crippen LogP contribution in [0, 0.1) is 0 Å². The SMILES string of the molecule is Nc1ncccc1CN1CCN(C(=O)c2cnc[nH]2)CC(O)C1. The van der Waals surface area contributed by atoms with E-state index in [1.165, 1.54) is 12.5 Å². The molecule has 2 aromatic rings. The van der Waals surface area contributed by atoms with E-state index >= 15 is 0 Å². The summed E-state index contributed by atoms with van der Waals surface area (Å²) >= 11 is 0. The number of carbonyl (C=O) groups excluding carboxylic acids is 1. The molecule has 0 aromatic carbocycles. The molecule has 122 valence electrons. The van der Waals surface area contributed by atoms with Gasteiger partial charge in [0.15, 0.2) is 0 Å². The van der Waals surface area contributed by atoms with Gasteiger partial charge in [0.1, 0.15) is 11.5 Å². The van der Waals surface area contributed by atoms with Crippen molar-refractivity contribution in [2.75, 3.05) is 31.9 Å². The standard InChI is InChI=1S/C15H20N6O2/c16-14-11(2-1-3-18-14)7-20-4-5-21(9-12(22)8-20)15(23)13-6-17-10-19-13/h1-3,6,10,12,22H,4-5,7-9H2,(H2,16,18)(H,17,19). The first-order valence-corrected chi connectivity index (χ1v) is 7.51. The van der Waals surface area contributed by atoms with Crippen molar-refractivity contribution in [1.29, 1.82) is 0 Å². The van der Waals surface area contributed by atoms with Gasteiger partial charge in [-0.05, 0) is 6.07 Å². The van der Waals surface area contributed by atoms with Gasteiger partial charge in [-0.2, -0.15) is 0 Å². The molecule has 1 aliphatic heterocycles. The Kier molecular flexibility index (Phi) is 4.54. The van der Waals surface area contributed by atoms with Crippen molar-refractivity contribution in [1.82, 2.24) is 24.8 Å². The van der Waals surface area contributed by atoms with Crippen LogP contribution in [0.2, 0.25) is 0 Å². The zero-order valence-electron chi connectivity index (χ0n) is 12.7. The highest BCUT2D eigenvalue weighted by molar-refractivity contribution is 5.92. The minimum Gasteiger partial charge on any atom is -0.390 e. The fourth-order valence-electron chi connectivity index (χ4n) is 2.75. The van der Waals surface area contributed by atoms with Crippen molar-refractivity contribution >= 4 is 11.7 Å². The van der Waals surface area contributed by atoms with E-state index in [9.17, 15) is 9.90 Å². The zero-order chi connectivity index (χ0) is 16.2. The van der Waals surface area contributed by atoms with Gasteiger partial charge >= 0.3 is 0 Å². The molecule has 1 saturated heterocycles. The molecule has 1 unspecified atom stereocenters. The average molecular weight is 316 g/mol. The molecule has 23 heavy (non-hydrogen) atoms. The van der Waals surface area contributed by atoms with Gasteiger partial charge in [0.05, 0.1) is 18.6 Å². The molecule has 0 spiro atoms. The maximum atomic E-state index is 12.4. The van der Waals surface area contributed by atoms with Crippen LogP contribution in [0.4, 0.5) is 5.82 Å². The largest absolute Gasteiger partial charge is 0.390 e. The van der Waals surface area contributed by atoms with Gasteiger partial charge in [-0.15, -0.1) is 0 Å². The van der Waals surface area contributed by atoms with Crippen molar-refractivity contribution in [3.63, 3.8) is 0 Å². The van der Waals surface area contributed by atoms with Crippen molar-refractivity contribution in [3.05, 3.63) is 42.1 Å². The summed E-state index contributed by atoms with van der Waals surface area (Å²) in [5.41, 5.74) is 7.23. The highest BCUT2D eigenvalue weighted by atomic mass is 16.3. The fourth-order valence-corrected chi connectivity index (χ4v) is 2.75. The Balaban J connectivity index is 1.66. The van der Waals surface area contributed by atoms with E-state index < -0.39 is 6.10 Å². The normalized spacial score (nSPS) is 19.5. The second-order valence-electron chi connectivity index (χ2n) is 5.65. The number of imidazole rings is 1. The van der Waals surface area contributed by atoms with Crippen LogP contribution in [0.15, 0.2) is 30.9 Å². The number of hydrogen-bond acceptors (Lipinski definition) is 6. The third-order valence-corrected chi connectivity index (χ3v) is 3.92. The van der Waals surface area contributed by atoms with Crippen molar-refractivity contribution < 1.29 is 9.90 Å². The topological polar surface area (TPSA) is 111 Å². The van der Waals surface area contributed by atoms with E-state index in [-0.39, 0.29) is 5.91 Å². The summed E-state index contributed by atoms with van der Waals surface area (Å²) in [5.74, 6) is 0.348. The van der Waals surface area contributed by atoms with Crippen LogP contribution < -0.4 is 5.73 Å². The third kappa shape index (κ3) is 3.66. The second-order valence-corrected chi connectivity index (χ2v) is 5.65. The number of aromatic nitrogens is 3. The summed E-state index contributed by atoms with van der Waals surface area (Å²) in [6.07, 6.45) is 4.01. The van der Waals surface area contributed by atoms with E-state index in [1.54, 1.807) is 11.1 Å². The lowest BCUT2D eigenvalue weighted by atomic mass is 10.2. The molecule has 0 aliphatic carbocycles. The van der Waals surface area contributed by atoms with Crippen LogP contribution in [0.3, 0.4) is 0 Å². The number of β-amino-alcohol motifs (C(OH)–C–C–N with tert-alkyl or cyclic N) is 1. The molecule has 3 rings (SSSR count). The second kappa shape index (κ2) is 6.76. The van der Waals surface area contributed by atoms with Crippen LogP contribution in [0.5, 0.6) is 0 Å². The number of nitrogen functional groups attached to an aromatic ring is 1. The summed E-state index contributed by atoms with van der Waals surface area (Å²) in [6, 6.07) is 3.77. The zero-order valence-corrected chi connectivity index (χ0v) is 12.7. The Bertz CT molecular complexity index is 660. The summed E-state index contributed by atoms with van der Waals surface area (Å²) < 4.78 is 0. The molecular formula is C15H20N6O2. The van der Waals surface area contributed by atoms with Crippen LogP contribution in [-0.2, 0) is 6.54 Å². The summed E-state index contributed by atoms with van der Waals surface area (Å²) in [5, 5.41) is 10.2. The quantitative estimate of drug-likeness (QED) is 0.717. The molecule has 3 heterocycles. The third-order valence-electron chi connectivity index (χ3n) is 3.92. The van der Waals surface area contributed by atoms with Crippen LogP contribution >= 0.6 is 0 Å². The van der Waals surface area contributed by atoms with Crippen LogP contribution in [-0.4, -0.2) is 68.0 Å². The monoisotopic (exact) mass is 316 g/mol. The van der Waals surface area contributed by atoms with Crippen LogP contribution in [0.1, 0.15) is 16.1 Å². The first kappa shape index (κ1) is 15.4. The lowest BCUT2D eigenvalue weighted by molar-refractivity contribution is 0.0658. The number of aromatic amines is 1. The number of anilines is 1. The van der Waals surface area contributed by atoms with Crippen molar-refractivity contribution in [2.45, 2.75) is 12.6 Å². The maximum absolute atomic E-state index is 12.4. The molecule has 0 saturated carbocycles. The first-order valence-electron chi connectivity index (χ1n) is 7.51. The molecule has 1 aliphatic rings. The number of rotatable bonds is 3. The van der Waals surface area contributed by atoms with E-state index in [4.69, 9.17) is 5.73 Å². The molecule has 8 nitrogen and oxygen atoms in total. The predicted octanol–water partition coefficient (Wildman–Crippen LogP) is -0.294. The Hall–Kier alpha value is -2.45. The summed E-state index contributed by atoms with van der Waals surface area (Å²) in [4.78, 5) is 26.8. The molecule has 1 amide bonds. The van der Waals surface area contributed by atoms with Gasteiger partial charge in [-0.25, -0.2) is 9.97 Å². The number of carbonyl (C=O) groups is 1. The average Bonchev–Trinajstić information content (AvgIpc) is 3.00. The molecule has 2 aromatic heterocycles. The Morgan fingerprint density at radius 1 is 1.43 bits per heavy atom. The van der Waals surface area contributed by atoms with E-state index in [0.717, 1.165) is 5.56 Å². The number of amides is 1. The molecule has 1 fully saturated rings. The smallest absolute Gasteiger partial charge is 0.272 e. The Morgan fingerprint density at radius 2 is 2.30 bits per heavy atom. The Morgan fingerprint density at radius 3 is 3.04 bits per heavy atom. The minimum atomic E-state index is -0.609. The number of aliphatic hydroxyl groups is 1. The number of hydrogen-bond donors (Lipinski definition) is 3. The molecule has 1 atom stereocenters. The molecule has 0 bridgehead atoms. The lowest BCUT2D eigenvalue weighted by Crippen LogP contribution is -2.37. The molecule has 8 heteroatoms. The van der Waals surface area contributed by atoms with Crippen LogP contribution in [0.25, 0.3) is 0 Å². The van der Waals surface area contributed by atoms with Crippen molar-refractivity contribution in [2.24, 2.45) is 0 Å². The minimum absolute atomic E-state index is 0.149. The van der Waals surface area contributed by atoms with Gasteiger partial charge in [-0.3, -0.25) is 9.69 Å². The fraction of sp³-hybridized carbons (Fsp3) is 0.400. The van der Waals surface area contributed by atoms with E-state index in [2.05, 4.69) is 19.9 Å². The van der Waals surface area contributed by atoms with Gasteiger partial charge < -0.3 is 20.7 Å². The number of H-pyrrole nitrogens is 1. The van der Waals surface area contributed by atoms with E-state index in [1.807, 2.05) is 12.1 Å². The number of nitrogens with two attached hydrogens (primary N) is 1. The molecular weight excluding hydrogens is 296 g/mol. The first-order chi connectivity index (χ1) is 11.1. The van der Waals surface area contributed by atoms with E-state index in [0.29, 0.717) is 44.2 Å². The number of nitrogens with one attached hydrogen (secondary N) is 1. The van der Waals surface area contributed by atoms with Gasteiger partial charge in [-0.1, -0.05) is 6.07 Å². The Labute approximate surface area is 134 Å². The summed E-state index contributed by atoms with van der Waals surface area (Å²) in [7, 11) is 0. The maximum Gasteiger partial charge on any atom is 0.272 e. The van der Waals surface area contributed by atoms with Gasteiger partial charge in [0.25, 0.3) is 5.91 Å². The highest BCUT2D eigenvalue weighted by Gasteiger charge is 2.26. The molecule has 4 N–H and O–H groups in total. The lowest BCUT2D eigenvalue weighted by Gasteiger charge is -2.21. The van der Waals surface area contributed by atoms with Crippen molar-refractivity contribution in [3.8, 4) is 0 Å². The molecule has 0 radical (unpaired) electrons. The highest BCUT2D eigenvalue weighted by Crippen LogP contribution is 2.14.